The number of ether oxygens (including phenoxy) is 2. The van der Waals surface area contributed by atoms with Crippen molar-refractivity contribution in [1.29, 1.82) is 0 Å². The zero-order valence-corrected chi connectivity index (χ0v) is 9.18. The van der Waals surface area contributed by atoms with Gasteiger partial charge in [-0.15, -0.1) is 0 Å². The second-order valence-corrected chi connectivity index (χ2v) is 3.22. The highest BCUT2D eigenvalue weighted by molar-refractivity contribution is 5.51. The van der Waals surface area contributed by atoms with Crippen LogP contribution in [0.25, 0.3) is 5.69 Å². The number of nitrogens with zero attached hydrogens (tertiary/aromatic N) is 2. The van der Waals surface area contributed by atoms with E-state index in [1.807, 2.05) is 18.2 Å². The Kier molecular flexibility index (Phi) is 2.68. The van der Waals surface area contributed by atoms with E-state index in [0.29, 0.717) is 11.6 Å². The van der Waals surface area contributed by atoms with Crippen LogP contribution in [0.2, 0.25) is 0 Å². The lowest BCUT2D eigenvalue weighted by molar-refractivity contribution is 0.400. The van der Waals surface area contributed by atoms with E-state index in [0.717, 1.165) is 11.4 Å². The summed E-state index contributed by atoms with van der Waals surface area (Å²) in [6.45, 7) is 0. The third-order valence-electron chi connectivity index (χ3n) is 2.24. The Labute approximate surface area is 93.4 Å². The zero-order valence-electron chi connectivity index (χ0n) is 9.18. The minimum Gasteiger partial charge on any atom is -0.497 e. The quantitative estimate of drug-likeness (QED) is 0.849. The molecule has 0 saturated heterocycles. The van der Waals surface area contributed by atoms with Gasteiger partial charge in [-0.2, -0.15) is 5.10 Å². The van der Waals surface area contributed by atoms with Crippen molar-refractivity contribution in [3.8, 4) is 17.2 Å². The molecule has 0 fully saturated rings. The average Bonchev–Trinajstić information content (AvgIpc) is 2.75. The largest absolute Gasteiger partial charge is 0.497 e. The molecule has 1 aromatic heterocycles. The molecule has 2 aromatic rings. The summed E-state index contributed by atoms with van der Waals surface area (Å²) in [5.41, 5.74) is 6.36. The van der Waals surface area contributed by atoms with Crippen LogP contribution in [0.15, 0.2) is 30.5 Å². The van der Waals surface area contributed by atoms with Gasteiger partial charge in [0.2, 0.25) is 0 Å². The highest BCUT2D eigenvalue weighted by atomic mass is 16.5. The van der Waals surface area contributed by atoms with Gasteiger partial charge in [0.05, 0.1) is 14.2 Å². The molecule has 0 atom stereocenters. The van der Waals surface area contributed by atoms with E-state index >= 15 is 0 Å². The van der Waals surface area contributed by atoms with Gasteiger partial charge in [0.25, 0.3) is 0 Å². The van der Waals surface area contributed by atoms with E-state index < -0.39 is 0 Å². The minimum absolute atomic E-state index is 0.463. The van der Waals surface area contributed by atoms with Crippen LogP contribution in [0.4, 0.5) is 5.82 Å². The molecule has 5 heteroatoms. The molecule has 1 heterocycles. The number of hydrogen-bond acceptors (Lipinski definition) is 4. The van der Waals surface area contributed by atoms with Crippen LogP contribution in [0, 0.1) is 0 Å². The fraction of sp³-hybridized carbons (Fsp3) is 0.182. The molecule has 84 valence electrons. The van der Waals surface area contributed by atoms with Gasteiger partial charge in [0.1, 0.15) is 23.0 Å². The summed E-state index contributed by atoms with van der Waals surface area (Å²) < 4.78 is 12.1. The van der Waals surface area contributed by atoms with Gasteiger partial charge in [-0.3, -0.25) is 0 Å². The number of benzene rings is 1. The molecule has 0 saturated carbocycles. The zero-order chi connectivity index (χ0) is 11.5. The van der Waals surface area contributed by atoms with Gasteiger partial charge in [0, 0.05) is 18.3 Å². The second-order valence-electron chi connectivity index (χ2n) is 3.22. The van der Waals surface area contributed by atoms with Crippen molar-refractivity contribution in [3.05, 3.63) is 30.5 Å². The molecule has 1 aromatic carbocycles. The van der Waals surface area contributed by atoms with Crippen LogP contribution in [0.3, 0.4) is 0 Å². The maximum atomic E-state index is 5.57. The van der Waals surface area contributed by atoms with Crippen LogP contribution in [0.5, 0.6) is 11.5 Å². The van der Waals surface area contributed by atoms with Crippen molar-refractivity contribution >= 4 is 5.82 Å². The Morgan fingerprint density at radius 1 is 1.19 bits per heavy atom. The van der Waals surface area contributed by atoms with E-state index in [1.54, 1.807) is 31.2 Å². The SMILES string of the molecule is COc1ccc(OC)c(-n2ccc(N)n2)c1. The van der Waals surface area contributed by atoms with Gasteiger partial charge >= 0.3 is 0 Å². The van der Waals surface area contributed by atoms with Crippen molar-refractivity contribution in [2.24, 2.45) is 0 Å². The summed E-state index contributed by atoms with van der Waals surface area (Å²) in [7, 11) is 3.22. The second kappa shape index (κ2) is 4.14. The Morgan fingerprint density at radius 2 is 2.00 bits per heavy atom. The third-order valence-corrected chi connectivity index (χ3v) is 2.24. The molecule has 16 heavy (non-hydrogen) atoms. The van der Waals surface area contributed by atoms with Crippen LogP contribution < -0.4 is 15.2 Å². The van der Waals surface area contributed by atoms with Gasteiger partial charge in [-0.1, -0.05) is 0 Å². The third kappa shape index (κ3) is 1.79. The number of aromatic nitrogens is 2. The van der Waals surface area contributed by atoms with Crippen LogP contribution >= 0.6 is 0 Å². The monoisotopic (exact) mass is 219 g/mol. The van der Waals surface area contributed by atoms with Crippen molar-refractivity contribution in [2.75, 3.05) is 20.0 Å². The Bertz CT molecular complexity index is 494. The van der Waals surface area contributed by atoms with Crippen LogP contribution in [0.1, 0.15) is 0 Å². The number of methoxy groups -OCH3 is 2. The fourth-order valence-corrected chi connectivity index (χ4v) is 1.45. The highest BCUT2D eigenvalue weighted by Crippen LogP contribution is 2.27. The number of nitrogen functional groups attached to an aromatic ring is 1. The van der Waals surface area contributed by atoms with E-state index in [1.165, 1.54) is 0 Å². The first-order chi connectivity index (χ1) is 7.74. The van der Waals surface area contributed by atoms with Gasteiger partial charge in [-0.05, 0) is 12.1 Å². The molecular weight excluding hydrogens is 206 g/mol. The molecule has 2 rings (SSSR count). The van der Waals surface area contributed by atoms with E-state index in [2.05, 4.69) is 5.10 Å². The van der Waals surface area contributed by atoms with Gasteiger partial charge in [0.15, 0.2) is 0 Å². The lowest BCUT2D eigenvalue weighted by Gasteiger charge is -2.09. The summed E-state index contributed by atoms with van der Waals surface area (Å²) in [6, 6.07) is 7.21. The molecule has 0 aliphatic heterocycles. The first-order valence-corrected chi connectivity index (χ1v) is 4.78. The van der Waals surface area contributed by atoms with Gasteiger partial charge < -0.3 is 15.2 Å². The predicted octanol–water partition coefficient (Wildman–Crippen LogP) is 1.47. The molecule has 5 nitrogen and oxygen atoms in total. The highest BCUT2D eigenvalue weighted by Gasteiger charge is 2.07. The molecule has 0 spiro atoms. The van der Waals surface area contributed by atoms with Crippen molar-refractivity contribution in [2.45, 2.75) is 0 Å². The molecule has 0 unspecified atom stereocenters. The van der Waals surface area contributed by atoms with Crippen molar-refractivity contribution < 1.29 is 9.47 Å². The number of hydrogen-bond donors (Lipinski definition) is 1. The molecular formula is C11H13N3O2. The average molecular weight is 219 g/mol. The summed E-state index contributed by atoms with van der Waals surface area (Å²) in [6.07, 6.45) is 1.77. The smallest absolute Gasteiger partial charge is 0.145 e. The molecule has 0 radical (unpaired) electrons. The number of rotatable bonds is 3. The lowest BCUT2D eigenvalue weighted by Crippen LogP contribution is -2.00. The summed E-state index contributed by atoms with van der Waals surface area (Å²) in [5.74, 6) is 1.92. The van der Waals surface area contributed by atoms with Gasteiger partial charge in [-0.25, -0.2) is 4.68 Å². The van der Waals surface area contributed by atoms with Crippen molar-refractivity contribution in [3.63, 3.8) is 0 Å². The Balaban J connectivity index is 2.52. The van der Waals surface area contributed by atoms with E-state index in [-0.39, 0.29) is 0 Å². The topological polar surface area (TPSA) is 62.3 Å². The predicted molar refractivity (Wildman–Crippen MR) is 61.1 cm³/mol. The summed E-state index contributed by atoms with van der Waals surface area (Å²) in [4.78, 5) is 0. The molecule has 2 N–H and O–H groups in total. The summed E-state index contributed by atoms with van der Waals surface area (Å²) >= 11 is 0. The first kappa shape index (κ1) is 10.4. The first-order valence-electron chi connectivity index (χ1n) is 4.78. The number of nitrogens with two attached hydrogens (primary N) is 1. The maximum Gasteiger partial charge on any atom is 0.145 e. The fourth-order valence-electron chi connectivity index (χ4n) is 1.45. The maximum absolute atomic E-state index is 5.57. The minimum atomic E-state index is 0.463. The molecule has 0 aliphatic rings. The van der Waals surface area contributed by atoms with Crippen molar-refractivity contribution in [1.82, 2.24) is 9.78 Å². The normalized spacial score (nSPS) is 10.1. The molecule has 0 bridgehead atoms. The Hall–Kier alpha value is -2.17. The standard InChI is InChI=1S/C11H13N3O2/c1-15-8-3-4-10(16-2)9(7-8)14-6-5-11(12)13-14/h3-7H,1-2H3,(H2,12,13). The Morgan fingerprint density at radius 3 is 2.56 bits per heavy atom. The molecule has 0 aliphatic carbocycles. The summed E-state index contributed by atoms with van der Waals surface area (Å²) in [5, 5.41) is 4.12. The molecule has 0 amide bonds. The lowest BCUT2D eigenvalue weighted by atomic mass is 10.2. The van der Waals surface area contributed by atoms with E-state index in [9.17, 15) is 0 Å². The van der Waals surface area contributed by atoms with E-state index in [4.69, 9.17) is 15.2 Å². The van der Waals surface area contributed by atoms with Crippen LogP contribution in [-0.4, -0.2) is 24.0 Å². The number of anilines is 1. The van der Waals surface area contributed by atoms with Crippen LogP contribution in [-0.2, 0) is 0 Å².